The predicted molar refractivity (Wildman–Crippen MR) is 95.1 cm³/mol. The number of carbonyl (C=O) groups is 1. The van der Waals surface area contributed by atoms with Crippen LogP contribution in [0.4, 0.5) is 18.0 Å². The highest BCUT2D eigenvalue weighted by molar-refractivity contribution is 5.69. The van der Waals surface area contributed by atoms with Crippen LogP contribution in [0.5, 0.6) is 0 Å². The third kappa shape index (κ3) is 4.93. The number of alkyl halides is 3. The van der Waals surface area contributed by atoms with Gasteiger partial charge >= 0.3 is 12.3 Å². The van der Waals surface area contributed by atoms with Crippen molar-refractivity contribution < 1.29 is 22.7 Å². The van der Waals surface area contributed by atoms with Crippen LogP contribution in [-0.2, 0) is 17.3 Å². The highest BCUT2D eigenvalue weighted by atomic mass is 19.4. The maximum atomic E-state index is 12.6. The molecule has 0 bridgehead atoms. The fourth-order valence-corrected chi connectivity index (χ4v) is 4.08. The van der Waals surface area contributed by atoms with Gasteiger partial charge < -0.3 is 9.64 Å². The summed E-state index contributed by atoms with van der Waals surface area (Å²) in [5.41, 5.74) is -0.266. The fraction of sp³-hybridized carbons (Fsp3) is 0.700. The van der Waals surface area contributed by atoms with Crippen LogP contribution in [-0.4, -0.2) is 34.7 Å². The third-order valence-electron chi connectivity index (χ3n) is 5.51. The van der Waals surface area contributed by atoms with Gasteiger partial charge in [0.2, 0.25) is 0 Å². The Morgan fingerprint density at radius 2 is 1.85 bits per heavy atom. The van der Waals surface area contributed by atoms with Crippen LogP contribution in [0.1, 0.15) is 57.7 Å². The molecular weight excluding hydrogens is 357 g/mol. The number of nitrogens with zero attached hydrogens (tertiary/aromatic N) is 2. The van der Waals surface area contributed by atoms with Crippen molar-refractivity contribution in [3.8, 4) is 0 Å². The first kappa shape index (κ1) is 20.0. The Kier molecular flexibility index (Phi) is 5.16. The van der Waals surface area contributed by atoms with E-state index in [0.717, 1.165) is 56.8 Å². The highest BCUT2D eigenvalue weighted by Crippen LogP contribution is 2.46. The van der Waals surface area contributed by atoms with Gasteiger partial charge in [0.15, 0.2) is 0 Å². The first-order valence-electron chi connectivity index (χ1n) is 9.46. The smallest absolute Gasteiger partial charge is 0.433 e. The summed E-state index contributed by atoms with van der Waals surface area (Å²) in [7, 11) is 0. The molecule has 1 amide bonds. The normalized spacial score (nSPS) is 20.4. The van der Waals surface area contributed by atoms with Gasteiger partial charge in [0.05, 0.1) is 0 Å². The molecule has 0 N–H and O–H groups in total. The maximum absolute atomic E-state index is 12.6. The summed E-state index contributed by atoms with van der Waals surface area (Å²) in [6.07, 6.45) is 1.63. The van der Waals surface area contributed by atoms with Crippen LogP contribution >= 0.6 is 0 Å². The van der Waals surface area contributed by atoms with E-state index in [-0.39, 0.29) is 11.5 Å². The molecular formula is C20H27F3N2O2. The Morgan fingerprint density at radius 1 is 1.22 bits per heavy atom. The maximum Gasteiger partial charge on any atom is 0.433 e. The van der Waals surface area contributed by atoms with Crippen LogP contribution in [0.25, 0.3) is 0 Å². The van der Waals surface area contributed by atoms with Gasteiger partial charge in [-0.2, -0.15) is 13.2 Å². The standard InChI is InChI=1S/C20H27F3N2O2/c1-18(2,3)27-17(26)25-12-19(13-25)8-6-14(7-9-19)10-15-4-5-16(24-11-15)20(21,22)23/h4-5,11,14H,6-10,12-13H2,1-3H3. The molecule has 1 aromatic rings. The summed E-state index contributed by atoms with van der Waals surface area (Å²) >= 11 is 0. The quantitative estimate of drug-likeness (QED) is 0.715. The average Bonchev–Trinajstić information content (AvgIpc) is 2.51. The molecule has 0 atom stereocenters. The third-order valence-corrected chi connectivity index (χ3v) is 5.51. The van der Waals surface area contributed by atoms with E-state index in [4.69, 9.17) is 4.74 Å². The van der Waals surface area contributed by atoms with Crippen LogP contribution in [0.3, 0.4) is 0 Å². The van der Waals surface area contributed by atoms with Crippen LogP contribution in [0.15, 0.2) is 18.3 Å². The summed E-state index contributed by atoms with van der Waals surface area (Å²) in [6.45, 7) is 7.08. The molecule has 0 aromatic carbocycles. The lowest BCUT2D eigenvalue weighted by molar-refractivity contribution is -0.141. The van der Waals surface area contributed by atoms with Gasteiger partial charge in [-0.1, -0.05) is 6.07 Å². The van der Waals surface area contributed by atoms with E-state index in [1.165, 1.54) is 12.3 Å². The van der Waals surface area contributed by atoms with E-state index in [1.807, 2.05) is 20.8 Å². The Labute approximate surface area is 158 Å². The van der Waals surface area contributed by atoms with E-state index >= 15 is 0 Å². The van der Waals surface area contributed by atoms with Crippen molar-refractivity contribution in [2.45, 2.75) is 64.7 Å². The average molecular weight is 384 g/mol. The molecule has 150 valence electrons. The van der Waals surface area contributed by atoms with E-state index in [9.17, 15) is 18.0 Å². The van der Waals surface area contributed by atoms with Crippen molar-refractivity contribution >= 4 is 6.09 Å². The number of aromatic nitrogens is 1. The van der Waals surface area contributed by atoms with Gasteiger partial charge in [-0.05, 0) is 70.4 Å². The lowest BCUT2D eigenvalue weighted by Gasteiger charge is -2.53. The molecule has 1 saturated carbocycles. The zero-order chi connectivity index (χ0) is 19.9. The zero-order valence-electron chi connectivity index (χ0n) is 16.1. The van der Waals surface area contributed by atoms with Crippen molar-refractivity contribution in [3.05, 3.63) is 29.6 Å². The second-order valence-corrected chi connectivity index (χ2v) is 9.03. The number of hydrogen-bond acceptors (Lipinski definition) is 3. The Morgan fingerprint density at radius 3 is 2.33 bits per heavy atom. The summed E-state index contributed by atoms with van der Waals surface area (Å²) in [4.78, 5) is 17.4. The number of likely N-dealkylation sites (tertiary alicyclic amines) is 1. The molecule has 1 aromatic heterocycles. The number of carbonyl (C=O) groups excluding carboxylic acids is 1. The molecule has 2 fully saturated rings. The minimum atomic E-state index is -4.39. The first-order chi connectivity index (χ1) is 12.5. The van der Waals surface area contributed by atoms with Crippen LogP contribution in [0, 0.1) is 11.3 Å². The molecule has 1 aliphatic heterocycles. The Hall–Kier alpha value is -1.79. The van der Waals surface area contributed by atoms with Crippen molar-refractivity contribution in [1.29, 1.82) is 0 Å². The molecule has 4 nitrogen and oxygen atoms in total. The fourth-order valence-electron chi connectivity index (χ4n) is 4.08. The van der Waals surface area contributed by atoms with Gasteiger partial charge in [0.1, 0.15) is 11.3 Å². The second kappa shape index (κ2) is 6.99. The van der Waals surface area contributed by atoms with Gasteiger partial charge in [0.25, 0.3) is 0 Å². The van der Waals surface area contributed by atoms with Crippen molar-refractivity contribution in [2.75, 3.05) is 13.1 Å². The lowest BCUT2D eigenvalue weighted by Crippen LogP contribution is -2.60. The number of pyridine rings is 1. The van der Waals surface area contributed by atoms with Crippen LogP contribution in [0.2, 0.25) is 0 Å². The van der Waals surface area contributed by atoms with Crippen LogP contribution < -0.4 is 0 Å². The Bertz CT molecular complexity index is 664. The molecule has 0 radical (unpaired) electrons. The monoisotopic (exact) mass is 384 g/mol. The number of amides is 1. The largest absolute Gasteiger partial charge is 0.444 e. The number of rotatable bonds is 2. The summed E-state index contributed by atoms with van der Waals surface area (Å²) in [5.74, 6) is 0.463. The van der Waals surface area contributed by atoms with Gasteiger partial charge in [0, 0.05) is 24.7 Å². The molecule has 7 heteroatoms. The molecule has 2 heterocycles. The lowest BCUT2D eigenvalue weighted by atomic mass is 9.65. The minimum absolute atomic E-state index is 0.200. The molecule has 3 rings (SSSR count). The predicted octanol–water partition coefficient (Wildman–Crippen LogP) is 5.07. The van der Waals surface area contributed by atoms with Gasteiger partial charge in [-0.25, -0.2) is 4.79 Å². The minimum Gasteiger partial charge on any atom is -0.444 e. The molecule has 27 heavy (non-hydrogen) atoms. The zero-order valence-corrected chi connectivity index (χ0v) is 16.1. The number of hydrogen-bond donors (Lipinski definition) is 0. The van der Waals surface area contributed by atoms with Crippen molar-refractivity contribution in [3.63, 3.8) is 0 Å². The van der Waals surface area contributed by atoms with Gasteiger partial charge in [-0.15, -0.1) is 0 Å². The second-order valence-electron chi connectivity index (χ2n) is 9.03. The first-order valence-corrected chi connectivity index (χ1v) is 9.46. The molecule has 2 aliphatic rings. The summed E-state index contributed by atoms with van der Waals surface area (Å²) in [6, 6.07) is 2.60. The SMILES string of the molecule is CC(C)(C)OC(=O)N1CC2(CCC(Cc3ccc(C(F)(F)F)nc3)CC2)C1. The van der Waals surface area contributed by atoms with Crippen molar-refractivity contribution in [1.82, 2.24) is 9.88 Å². The number of ether oxygens (including phenoxy) is 1. The van der Waals surface area contributed by atoms with E-state index in [2.05, 4.69) is 4.98 Å². The van der Waals surface area contributed by atoms with Gasteiger partial charge in [-0.3, -0.25) is 4.98 Å². The van der Waals surface area contributed by atoms with Crippen molar-refractivity contribution in [2.24, 2.45) is 11.3 Å². The van der Waals surface area contributed by atoms with E-state index in [0.29, 0.717) is 5.92 Å². The Balaban J connectivity index is 1.46. The topological polar surface area (TPSA) is 42.4 Å². The molecule has 1 saturated heterocycles. The number of halogens is 3. The molecule has 1 spiro atoms. The highest BCUT2D eigenvalue weighted by Gasteiger charge is 2.47. The summed E-state index contributed by atoms with van der Waals surface area (Å²) < 4.78 is 43.2. The molecule has 1 aliphatic carbocycles. The van der Waals surface area contributed by atoms with E-state index in [1.54, 1.807) is 4.90 Å². The molecule has 0 unspecified atom stereocenters. The van der Waals surface area contributed by atoms with E-state index < -0.39 is 17.5 Å². The summed E-state index contributed by atoms with van der Waals surface area (Å²) in [5, 5.41) is 0.